The van der Waals surface area contributed by atoms with Gasteiger partial charge in [0.1, 0.15) is 0 Å². The van der Waals surface area contributed by atoms with Gasteiger partial charge >= 0.3 is 6.18 Å². The van der Waals surface area contributed by atoms with Crippen molar-refractivity contribution >= 4 is 0 Å². The molecule has 0 fully saturated rings. The summed E-state index contributed by atoms with van der Waals surface area (Å²) in [4.78, 5) is 0. The first-order valence-corrected chi connectivity index (χ1v) is 7.59. The number of nitrogens with one attached hydrogen (secondary N) is 1. The molecule has 0 saturated heterocycles. The van der Waals surface area contributed by atoms with Crippen LogP contribution in [0.2, 0.25) is 0 Å². The highest BCUT2D eigenvalue weighted by molar-refractivity contribution is 5.35. The monoisotopic (exact) mass is 301 g/mol. The molecule has 1 nitrogen and oxygen atoms in total. The van der Waals surface area contributed by atoms with Crippen molar-refractivity contribution in [1.29, 1.82) is 0 Å². The van der Waals surface area contributed by atoms with E-state index in [9.17, 15) is 13.2 Å². The average molecular weight is 301 g/mol. The van der Waals surface area contributed by atoms with E-state index in [1.54, 1.807) is 13.0 Å². The Morgan fingerprint density at radius 2 is 1.76 bits per heavy atom. The van der Waals surface area contributed by atoms with Crippen molar-refractivity contribution in [2.24, 2.45) is 11.8 Å². The second-order valence-electron chi connectivity index (χ2n) is 6.10. The van der Waals surface area contributed by atoms with Crippen LogP contribution in [0.4, 0.5) is 13.2 Å². The van der Waals surface area contributed by atoms with Gasteiger partial charge in [0.2, 0.25) is 0 Å². The third-order valence-electron chi connectivity index (χ3n) is 4.12. The molecule has 4 heteroatoms. The van der Waals surface area contributed by atoms with E-state index >= 15 is 0 Å². The third-order valence-corrected chi connectivity index (χ3v) is 4.12. The van der Waals surface area contributed by atoms with Gasteiger partial charge < -0.3 is 5.32 Å². The Labute approximate surface area is 125 Å². The Bertz CT molecular complexity index is 452. The zero-order valence-electron chi connectivity index (χ0n) is 13.5. The van der Waals surface area contributed by atoms with E-state index in [1.165, 1.54) is 12.1 Å². The van der Waals surface area contributed by atoms with E-state index in [-0.39, 0.29) is 6.04 Å². The normalized spacial score (nSPS) is 15.3. The van der Waals surface area contributed by atoms with Crippen LogP contribution in [0.25, 0.3) is 0 Å². The summed E-state index contributed by atoms with van der Waals surface area (Å²) >= 11 is 0. The summed E-state index contributed by atoms with van der Waals surface area (Å²) in [5, 5.41) is 3.48. The summed E-state index contributed by atoms with van der Waals surface area (Å²) in [6.45, 7) is 11.1. The summed E-state index contributed by atoms with van der Waals surface area (Å²) in [5.41, 5.74) is 1.10. The van der Waals surface area contributed by atoms with Crippen molar-refractivity contribution in [1.82, 2.24) is 5.32 Å². The van der Waals surface area contributed by atoms with Gasteiger partial charge in [0.25, 0.3) is 0 Å². The molecular formula is C17H26F3N. The van der Waals surface area contributed by atoms with Gasteiger partial charge in [0, 0.05) is 6.04 Å². The van der Waals surface area contributed by atoms with E-state index in [4.69, 9.17) is 0 Å². The van der Waals surface area contributed by atoms with E-state index in [2.05, 4.69) is 33.0 Å². The minimum absolute atomic E-state index is 0.0900. The number of alkyl halides is 3. The fourth-order valence-electron chi connectivity index (χ4n) is 2.46. The Kier molecular flexibility index (Phi) is 6.26. The van der Waals surface area contributed by atoms with E-state index in [0.717, 1.165) is 18.5 Å². The molecule has 0 radical (unpaired) electrons. The fraction of sp³-hybridized carbons (Fsp3) is 0.647. The minimum atomic E-state index is -4.28. The zero-order chi connectivity index (χ0) is 16.2. The van der Waals surface area contributed by atoms with Crippen LogP contribution < -0.4 is 5.32 Å². The van der Waals surface area contributed by atoms with E-state index in [0.29, 0.717) is 17.4 Å². The Morgan fingerprint density at radius 3 is 2.19 bits per heavy atom. The summed E-state index contributed by atoms with van der Waals surface area (Å²) in [6, 6.07) is 4.16. The van der Waals surface area contributed by atoms with Gasteiger partial charge in [-0.2, -0.15) is 13.2 Å². The van der Waals surface area contributed by atoms with Gasteiger partial charge in [-0.05, 0) is 55.0 Å². The number of hydrogen-bond donors (Lipinski definition) is 1. The van der Waals surface area contributed by atoms with Crippen molar-refractivity contribution in [3.05, 3.63) is 34.9 Å². The topological polar surface area (TPSA) is 12.0 Å². The maximum absolute atomic E-state index is 12.8. The molecular weight excluding hydrogens is 275 g/mol. The van der Waals surface area contributed by atoms with Crippen molar-refractivity contribution in [2.75, 3.05) is 6.54 Å². The second-order valence-corrected chi connectivity index (χ2v) is 6.10. The Morgan fingerprint density at radius 1 is 1.14 bits per heavy atom. The first-order valence-electron chi connectivity index (χ1n) is 7.59. The van der Waals surface area contributed by atoms with Crippen LogP contribution in [0.3, 0.4) is 0 Å². The van der Waals surface area contributed by atoms with Gasteiger partial charge in [0.15, 0.2) is 0 Å². The molecule has 1 aromatic rings. The molecule has 21 heavy (non-hydrogen) atoms. The molecule has 1 aromatic carbocycles. The average Bonchev–Trinajstić information content (AvgIpc) is 2.38. The van der Waals surface area contributed by atoms with Crippen LogP contribution in [-0.4, -0.2) is 6.54 Å². The molecule has 0 aliphatic carbocycles. The summed E-state index contributed by atoms with van der Waals surface area (Å²) in [6.07, 6.45) is -3.28. The lowest BCUT2D eigenvalue weighted by Crippen LogP contribution is -2.31. The molecule has 0 aliphatic heterocycles. The summed E-state index contributed by atoms with van der Waals surface area (Å²) in [7, 11) is 0. The van der Waals surface area contributed by atoms with Crippen LogP contribution in [0, 0.1) is 18.8 Å². The summed E-state index contributed by atoms with van der Waals surface area (Å²) < 4.78 is 38.3. The molecule has 0 saturated carbocycles. The third kappa shape index (κ3) is 4.73. The van der Waals surface area contributed by atoms with Crippen LogP contribution in [-0.2, 0) is 6.18 Å². The standard InChI is InChI=1S/C17H26F3N/c1-6-9-21-16(13(5)11(2)3)15-8-7-14(10-12(15)4)17(18,19)20/h7-8,10-11,13,16,21H,6,9H2,1-5H3. The molecule has 2 atom stereocenters. The lowest BCUT2D eigenvalue weighted by atomic mass is 9.84. The van der Waals surface area contributed by atoms with Crippen molar-refractivity contribution in [2.45, 2.75) is 53.3 Å². The molecule has 0 spiro atoms. The Hall–Kier alpha value is -1.03. The summed E-state index contributed by atoms with van der Waals surface area (Å²) in [5.74, 6) is 0.813. The number of aryl methyl sites for hydroxylation is 1. The second kappa shape index (κ2) is 7.30. The van der Waals surface area contributed by atoms with E-state index in [1.807, 2.05) is 0 Å². The fourth-order valence-corrected chi connectivity index (χ4v) is 2.46. The maximum Gasteiger partial charge on any atom is 0.416 e. The SMILES string of the molecule is CCCNC(c1ccc(C(F)(F)F)cc1C)C(C)C(C)C. The van der Waals surface area contributed by atoms with Crippen LogP contribution in [0.1, 0.15) is 56.8 Å². The molecule has 0 aliphatic rings. The highest BCUT2D eigenvalue weighted by Gasteiger charge is 2.31. The number of hydrogen-bond acceptors (Lipinski definition) is 1. The van der Waals surface area contributed by atoms with Gasteiger partial charge in [-0.3, -0.25) is 0 Å². The molecule has 1 rings (SSSR count). The molecule has 2 unspecified atom stereocenters. The number of halogens is 3. The van der Waals surface area contributed by atoms with Gasteiger partial charge in [0.05, 0.1) is 5.56 Å². The molecule has 0 aromatic heterocycles. The van der Waals surface area contributed by atoms with Crippen molar-refractivity contribution < 1.29 is 13.2 Å². The minimum Gasteiger partial charge on any atom is -0.310 e. The number of benzene rings is 1. The molecule has 1 N–H and O–H groups in total. The van der Waals surface area contributed by atoms with E-state index < -0.39 is 11.7 Å². The highest BCUT2D eigenvalue weighted by Crippen LogP contribution is 2.34. The first kappa shape index (κ1) is 18.0. The lowest BCUT2D eigenvalue weighted by molar-refractivity contribution is -0.137. The van der Waals surface area contributed by atoms with Gasteiger partial charge in [-0.25, -0.2) is 0 Å². The smallest absolute Gasteiger partial charge is 0.310 e. The first-order chi connectivity index (χ1) is 9.68. The van der Waals surface area contributed by atoms with Crippen LogP contribution >= 0.6 is 0 Å². The van der Waals surface area contributed by atoms with Crippen LogP contribution in [0.5, 0.6) is 0 Å². The van der Waals surface area contributed by atoms with Crippen molar-refractivity contribution in [3.63, 3.8) is 0 Å². The highest BCUT2D eigenvalue weighted by atomic mass is 19.4. The Balaban J connectivity index is 3.13. The number of rotatable bonds is 6. The quantitative estimate of drug-likeness (QED) is 0.747. The van der Waals surface area contributed by atoms with Crippen molar-refractivity contribution in [3.8, 4) is 0 Å². The largest absolute Gasteiger partial charge is 0.416 e. The molecule has 0 heterocycles. The predicted octanol–water partition coefficient (Wildman–Crippen LogP) is 5.35. The maximum atomic E-state index is 12.8. The van der Waals surface area contributed by atoms with Crippen LogP contribution in [0.15, 0.2) is 18.2 Å². The lowest BCUT2D eigenvalue weighted by Gasteiger charge is -2.30. The zero-order valence-corrected chi connectivity index (χ0v) is 13.5. The van der Waals surface area contributed by atoms with Gasteiger partial charge in [-0.1, -0.05) is 33.8 Å². The predicted molar refractivity (Wildman–Crippen MR) is 81.2 cm³/mol. The molecule has 0 amide bonds. The molecule has 120 valence electrons. The molecule has 0 bridgehead atoms. The van der Waals surface area contributed by atoms with Gasteiger partial charge in [-0.15, -0.1) is 0 Å².